The van der Waals surface area contributed by atoms with Crippen molar-refractivity contribution in [3.63, 3.8) is 0 Å². The van der Waals surface area contributed by atoms with Crippen LogP contribution >= 0.6 is 0 Å². The van der Waals surface area contributed by atoms with Crippen molar-refractivity contribution in [3.05, 3.63) is 88.5 Å². The Morgan fingerprint density at radius 1 is 1.00 bits per heavy atom. The van der Waals surface area contributed by atoms with Gasteiger partial charge >= 0.3 is 0 Å². The molecule has 192 valence electrons. The lowest BCUT2D eigenvalue weighted by Crippen LogP contribution is -2.46. The third-order valence-electron chi connectivity index (χ3n) is 7.02. The van der Waals surface area contributed by atoms with E-state index in [9.17, 15) is 19.6 Å². The molecule has 9 nitrogen and oxygen atoms in total. The molecule has 0 unspecified atom stereocenters. The number of imide groups is 1. The van der Waals surface area contributed by atoms with Gasteiger partial charge in [0.25, 0.3) is 11.8 Å². The maximum atomic E-state index is 13.2. The van der Waals surface area contributed by atoms with Gasteiger partial charge in [0.2, 0.25) is 5.91 Å². The van der Waals surface area contributed by atoms with Gasteiger partial charge in [0.1, 0.15) is 6.07 Å². The largest absolute Gasteiger partial charge is 0.493 e. The maximum Gasteiger partial charge on any atom is 0.261 e. The van der Waals surface area contributed by atoms with E-state index in [1.54, 1.807) is 30.3 Å². The fraction of sp³-hybridized carbons (Fsp3) is 0.241. The minimum absolute atomic E-state index is 0.00137. The molecule has 1 atom stereocenters. The molecule has 0 fully saturated rings. The SMILES string of the molecule is COc1cc(C#N)c(NC(=O)CN2CCc3ccccc3[C@H]2CN2C(=O)c3ccccc3C2=O)cc1OC. The number of amides is 3. The Bertz CT molecular complexity index is 1440. The van der Waals surface area contributed by atoms with Gasteiger partial charge in [-0.25, -0.2) is 0 Å². The van der Waals surface area contributed by atoms with E-state index in [0.717, 1.165) is 17.5 Å². The Kier molecular flexibility index (Phi) is 6.81. The molecule has 2 heterocycles. The molecule has 0 saturated heterocycles. The van der Waals surface area contributed by atoms with Crippen molar-refractivity contribution in [2.24, 2.45) is 0 Å². The first-order valence-corrected chi connectivity index (χ1v) is 12.2. The monoisotopic (exact) mass is 510 g/mol. The van der Waals surface area contributed by atoms with Crippen LogP contribution in [0.2, 0.25) is 0 Å². The van der Waals surface area contributed by atoms with Crippen molar-refractivity contribution in [1.82, 2.24) is 9.80 Å². The number of anilines is 1. The smallest absolute Gasteiger partial charge is 0.261 e. The predicted molar refractivity (Wildman–Crippen MR) is 139 cm³/mol. The summed E-state index contributed by atoms with van der Waals surface area (Å²) >= 11 is 0. The van der Waals surface area contributed by atoms with E-state index in [2.05, 4.69) is 11.4 Å². The highest BCUT2D eigenvalue weighted by Gasteiger charge is 2.39. The van der Waals surface area contributed by atoms with Crippen LogP contribution in [0.3, 0.4) is 0 Å². The minimum Gasteiger partial charge on any atom is -0.493 e. The van der Waals surface area contributed by atoms with Gasteiger partial charge in [-0.15, -0.1) is 0 Å². The number of nitriles is 1. The number of hydrogen-bond acceptors (Lipinski definition) is 7. The van der Waals surface area contributed by atoms with E-state index in [1.165, 1.54) is 25.2 Å². The Morgan fingerprint density at radius 2 is 1.63 bits per heavy atom. The zero-order chi connectivity index (χ0) is 26.8. The summed E-state index contributed by atoms with van der Waals surface area (Å²) in [6.45, 7) is 0.688. The molecule has 0 aliphatic carbocycles. The number of methoxy groups -OCH3 is 2. The molecule has 5 rings (SSSR count). The number of ether oxygens (including phenoxy) is 2. The average Bonchev–Trinajstić information content (AvgIpc) is 3.18. The van der Waals surface area contributed by atoms with Crippen molar-refractivity contribution in [2.75, 3.05) is 39.2 Å². The van der Waals surface area contributed by atoms with Gasteiger partial charge in [-0.3, -0.25) is 24.2 Å². The number of hydrogen-bond donors (Lipinski definition) is 1. The van der Waals surface area contributed by atoms with Crippen LogP contribution in [0, 0.1) is 11.3 Å². The normalized spacial score (nSPS) is 16.4. The number of nitrogens with one attached hydrogen (secondary N) is 1. The van der Waals surface area contributed by atoms with Gasteiger partial charge < -0.3 is 14.8 Å². The van der Waals surface area contributed by atoms with Crippen molar-refractivity contribution >= 4 is 23.4 Å². The highest BCUT2D eigenvalue weighted by Crippen LogP contribution is 2.35. The zero-order valence-corrected chi connectivity index (χ0v) is 21.1. The molecule has 2 aliphatic heterocycles. The van der Waals surface area contributed by atoms with Crippen LogP contribution < -0.4 is 14.8 Å². The summed E-state index contributed by atoms with van der Waals surface area (Å²) in [6.07, 6.45) is 0.724. The highest BCUT2D eigenvalue weighted by molar-refractivity contribution is 6.21. The summed E-state index contributed by atoms with van der Waals surface area (Å²) in [5.74, 6) is -0.225. The van der Waals surface area contributed by atoms with Crippen LogP contribution in [0.25, 0.3) is 0 Å². The van der Waals surface area contributed by atoms with Crippen LogP contribution in [0.5, 0.6) is 11.5 Å². The summed E-state index contributed by atoms with van der Waals surface area (Å²) in [5.41, 5.74) is 3.43. The fourth-order valence-corrected chi connectivity index (χ4v) is 5.13. The standard InChI is InChI=1S/C29H26N4O5/c1-37-25-13-19(15-30)23(14-26(25)38-2)31-27(34)17-32-12-11-18-7-3-4-8-20(18)24(32)16-33-28(35)21-9-5-6-10-22(21)29(33)36/h3-10,13-14,24H,11-12,16-17H2,1-2H3,(H,31,34)/t24-/m1/s1. The van der Waals surface area contributed by atoms with Crippen LogP contribution in [-0.2, 0) is 11.2 Å². The van der Waals surface area contributed by atoms with Gasteiger partial charge in [0.05, 0.1) is 49.2 Å². The second-order valence-corrected chi connectivity index (χ2v) is 9.11. The zero-order valence-electron chi connectivity index (χ0n) is 21.1. The van der Waals surface area contributed by atoms with E-state index in [1.807, 2.05) is 29.2 Å². The molecular weight excluding hydrogens is 484 g/mol. The van der Waals surface area contributed by atoms with Gasteiger partial charge in [0.15, 0.2) is 11.5 Å². The number of carbonyl (C=O) groups is 3. The summed E-state index contributed by atoms with van der Waals surface area (Å²) in [7, 11) is 2.95. The van der Waals surface area contributed by atoms with E-state index < -0.39 is 0 Å². The molecule has 3 aromatic carbocycles. The van der Waals surface area contributed by atoms with Gasteiger partial charge in [0, 0.05) is 25.2 Å². The Balaban J connectivity index is 1.40. The number of nitrogens with zero attached hydrogens (tertiary/aromatic N) is 3. The number of fused-ring (bicyclic) bond motifs is 2. The van der Waals surface area contributed by atoms with Gasteiger partial charge in [-0.05, 0) is 29.7 Å². The van der Waals surface area contributed by atoms with E-state index >= 15 is 0 Å². The van der Waals surface area contributed by atoms with E-state index in [-0.39, 0.29) is 42.4 Å². The molecule has 38 heavy (non-hydrogen) atoms. The molecule has 9 heteroatoms. The first kappa shape index (κ1) is 25.0. The van der Waals surface area contributed by atoms with Crippen LogP contribution in [0.4, 0.5) is 5.69 Å². The molecule has 3 amide bonds. The third kappa shape index (κ3) is 4.46. The number of rotatable bonds is 7. The fourth-order valence-electron chi connectivity index (χ4n) is 5.13. The summed E-state index contributed by atoms with van der Waals surface area (Å²) in [6, 6.07) is 19.5. The molecular formula is C29H26N4O5. The lowest BCUT2D eigenvalue weighted by molar-refractivity contribution is -0.118. The third-order valence-corrected chi connectivity index (χ3v) is 7.02. The average molecular weight is 511 g/mol. The Labute approximate surface area is 220 Å². The van der Waals surface area contributed by atoms with Crippen molar-refractivity contribution in [3.8, 4) is 17.6 Å². The van der Waals surface area contributed by atoms with Gasteiger partial charge in [-0.2, -0.15) is 5.26 Å². The van der Waals surface area contributed by atoms with Crippen LogP contribution in [0.1, 0.15) is 43.4 Å². The maximum absolute atomic E-state index is 13.2. The second-order valence-electron chi connectivity index (χ2n) is 9.11. The molecule has 0 bridgehead atoms. The predicted octanol–water partition coefficient (Wildman–Crippen LogP) is 3.41. The van der Waals surface area contributed by atoms with E-state index in [4.69, 9.17) is 9.47 Å². The number of carbonyl (C=O) groups excluding carboxylic acids is 3. The Hall–Kier alpha value is -4.68. The molecule has 0 radical (unpaired) electrons. The summed E-state index contributed by atoms with van der Waals surface area (Å²) in [5, 5.41) is 12.4. The molecule has 0 spiro atoms. The number of benzene rings is 3. The minimum atomic E-state index is -0.367. The topological polar surface area (TPSA) is 112 Å². The molecule has 0 saturated carbocycles. The molecule has 0 aromatic heterocycles. The quantitative estimate of drug-likeness (QED) is 0.485. The van der Waals surface area contributed by atoms with Gasteiger partial charge in [-0.1, -0.05) is 36.4 Å². The first-order valence-electron chi connectivity index (χ1n) is 12.2. The second kappa shape index (κ2) is 10.4. The highest BCUT2D eigenvalue weighted by atomic mass is 16.5. The van der Waals surface area contributed by atoms with Crippen LogP contribution in [-0.4, -0.2) is 61.4 Å². The summed E-state index contributed by atoms with van der Waals surface area (Å²) < 4.78 is 10.6. The van der Waals surface area contributed by atoms with Crippen molar-refractivity contribution in [2.45, 2.75) is 12.5 Å². The molecule has 3 aromatic rings. The first-order chi connectivity index (χ1) is 18.4. The van der Waals surface area contributed by atoms with Crippen molar-refractivity contribution < 1.29 is 23.9 Å². The van der Waals surface area contributed by atoms with Crippen LogP contribution in [0.15, 0.2) is 60.7 Å². The lowest BCUT2D eigenvalue weighted by Gasteiger charge is -2.38. The Morgan fingerprint density at radius 3 is 2.29 bits per heavy atom. The van der Waals surface area contributed by atoms with Crippen molar-refractivity contribution in [1.29, 1.82) is 5.26 Å². The molecule has 1 N–H and O–H groups in total. The lowest BCUT2D eigenvalue weighted by atomic mass is 9.92. The van der Waals surface area contributed by atoms with E-state index in [0.29, 0.717) is 34.9 Å². The summed E-state index contributed by atoms with van der Waals surface area (Å²) in [4.78, 5) is 42.7. The molecule has 2 aliphatic rings.